The van der Waals surface area contributed by atoms with E-state index in [0.717, 1.165) is 41.9 Å². The molecule has 7 aliphatic carbocycles. The molecule has 6 heteroatoms. The molecule has 0 saturated heterocycles. The van der Waals surface area contributed by atoms with E-state index in [9.17, 15) is 13.2 Å². The molecule has 4 fully saturated rings. The van der Waals surface area contributed by atoms with E-state index < -0.39 is 11.7 Å². The van der Waals surface area contributed by atoms with Crippen LogP contribution in [0.3, 0.4) is 0 Å². The molecular formula is C51H55Cl2F3Zr-2. The fraction of sp³-hybridized carbons (Fsp3) is 0.451. The molecule has 300 valence electrons. The zero-order chi connectivity index (χ0) is 39.2. The summed E-state index contributed by atoms with van der Waals surface area (Å²) in [6.07, 6.45) is 13.6. The van der Waals surface area contributed by atoms with Crippen LogP contribution in [0.2, 0.25) is 0 Å². The van der Waals surface area contributed by atoms with Crippen LogP contribution in [0.1, 0.15) is 141 Å². The van der Waals surface area contributed by atoms with Gasteiger partial charge < -0.3 is 24.8 Å². The van der Waals surface area contributed by atoms with Crippen molar-refractivity contribution < 1.29 is 62.2 Å². The summed E-state index contributed by atoms with van der Waals surface area (Å²) in [6, 6.07) is 19.8. The van der Waals surface area contributed by atoms with E-state index in [4.69, 9.17) is 0 Å². The van der Waals surface area contributed by atoms with Gasteiger partial charge in [0.15, 0.2) is 0 Å². The summed E-state index contributed by atoms with van der Waals surface area (Å²) < 4.78 is 37.9. The van der Waals surface area contributed by atoms with E-state index in [1.165, 1.54) is 104 Å². The summed E-state index contributed by atoms with van der Waals surface area (Å²) in [5, 5.41) is 0. The standard InChI is InChI=1S/C25H25.C18H25.C8H5F3.2ClH.Zr/c1-14-12-24(3,4)22-8-16-7-17-9-23-19(15(2)13-25(23,5)6)11-21(17)20(16)10-18(14)22;1-12-3-13(2)17(4-12)11-18-8-14-5-15(9-18)7-16(6-14)10-18;1-6-2-4-7(5-3-6)8(9,10)11;;;/h8-12H,7H2,1-6H3;3-4,14-16H,5-11H2,1-2H3;1-5H;2*1H;/q2*-1;;;;+2/p-2. The Labute approximate surface area is 366 Å². The van der Waals surface area contributed by atoms with E-state index in [1.807, 2.05) is 3.71 Å². The summed E-state index contributed by atoms with van der Waals surface area (Å²) >= 11 is 1.18. The van der Waals surface area contributed by atoms with Crippen LogP contribution < -0.4 is 24.8 Å². The van der Waals surface area contributed by atoms with E-state index in [1.54, 1.807) is 49.7 Å². The number of rotatable bonds is 3. The Kier molecular flexibility index (Phi) is 12.3. The van der Waals surface area contributed by atoms with Crippen molar-refractivity contribution in [1.29, 1.82) is 0 Å². The molecule has 11 rings (SSSR count). The number of hydrogen-bond donors (Lipinski definition) is 0. The van der Waals surface area contributed by atoms with Gasteiger partial charge in [-0.25, -0.2) is 11.6 Å². The fourth-order valence-electron chi connectivity index (χ4n) is 12.0. The molecule has 0 spiro atoms. The maximum Gasteiger partial charge on any atom is -1.00 e. The van der Waals surface area contributed by atoms with Gasteiger partial charge in [0.1, 0.15) is 0 Å². The first-order valence-corrected chi connectivity index (χ1v) is 21.8. The first-order valence-electron chi connectivity index (χ1n) is 20.4. The Morgan fingerprint density at radius 1 is 0.754 bits per heavy atom. The summed E-state index contributed by atoms with van der Waals surface area (Å²) in [5.41, 5.74) is 20.2. The number of halogens is 5. The van der Waals surface area contributed by atoms with E-state index in [2.05, 4.69) is 104 Å². The second kappa shape index (κ2) is 15.9. The van der Waals surface area contributed by atoms with Crippen LogP contribution in [-0.2, 0) is 54.1 Å². The second-order valence-electron chi connectivity index (χ2n) is 19.3. The third-order valence-corrected chi connectivity index (χ3v) is 14.7. The minimum absolute atomic E-state index is 0. The minimum Gasteiger partial charge on any atom is -1.00 e. The van der Waals surface area contributed by atoms with Crippen molar-refractivity contribution in [3.05, 3.63) is 134 Å². The van der Waals surface area contributed by atoms with Gasteiger partial charge in [0.05, 0.1) is 0 Å². The molecule has 4 aromatic carbocycles. The monoisotopic (exact) mass is 884 g/mol. The molecule has 0 aromatic heterocycles. The molecule has 4 saturated carbocycles. The van der Waals surface area contributed by atoms with Crippen LogP contribution >= 0.6 is 0 Å². The van der Waals surface area contributed by atoms with Gasteiger partial charge in [0, 0.05) is 5.41 Å². The predicted octanol–water partition coefficient (Wildman–Crippen LogP) is 7.64. The molecule has 7 aliphatic rings. The van der Waals surface area contributed by atoms with E-state index >= 15 is 0 Å². The van der Waals surface area contributed by atoms with Crippen LogP contribution in [0.25, 0.3) is 22.3 Å². The van der Waals surface area contributed by atoms with Gasteiger partial charge >= 0.3 is 82.7 Å². The van der Waals surface area contributed by atoms with Gasteiger partial charge in [-0.15, -0.1) is 11.6 Å². The Morgan fingerprint density at radius 2 is 1.30 bits per heavy atom. The average Bonchev–Trinajstić information content (AvgIpc) is 3.75. The van der Waals surface area contributed by atoms with Gasteiger partial charge in [-0.2, -0.15) is 28.3 Å². The first-order chi connectivity index (χ1) is 25.8. The topological polar surface area (TPSA) is 0 Å². The number of allylic oxidation sites excluding steroid dienone is 4. The molecule has 0 atom stereocenters. The zero-order valence-corrected chi connectivity index (χ0v) is 38.7. The van der Waals surface area contributed by atoms with Crippen molar-refractivity contribution in [2.45, 2.75) is 124 Å². The van der Waals surface area contributed by atoms with Gasteiger partial charge in [0.2, 0.25) is 0 Å². The predicted molar refractivity (Wildman–Crippen MR) is 219 cm³/mol. The molecule has 0 heterocycles. The number of benzene rings is 3. The molecule has 4 bridgehead atoms. The minimum atomic E-state index is -4.22. The quantitative estimate of drug-likeness (QED) is 0.164. The summed E-state index contributed by atoms with van der Waals surface area (Å²) in [6.45, 7) is 18.2. The average molecular weight is 887 g/mol. The third kappa shape index (κ3) is 8.50. The maximum absolute atomic E-state index is 12.0. The van der Waals surface area contributed by atoms with Crippen molar-refractivity contribution in [3.8, 4) is 11.1 Å². The van der Waals surface area contributed by atoms with Crippen LogP contribution in [0.5, 0.6) is 0 Å². The summed E-state index contributed by atoms with van der Waals surface area (Å²) in [5.74, 6) is 3.27. The second-order valence-corrected chi connectivity index (χ2v) is 20.0. The van der Waals surface area contributed by atoms with Gasteiger partial charge in [-0.1, -0.05) is 78.5 Å². The van der Waals surface area contributed by atoms with Gasteiger partial charge in [0.25, 0.3) is 0 Å². The largest absolute Gasteiger partial charge is 1.00 e. The molecule has 57 heavy (non-hydrogen) atoms. The van der Waals surface area contributed by atoms with Crippen molar-refractivity contribution in [2.75, 3.05) is 0 Å². The first kappa shape index (κ1) is 44.2. The number of fused-ring (bicyclic) bond motifs is 5. The van der Waals surface area contributed by atoms with Gasteiger partial charge in [-0.05, 0) is 120 Å². The molecule has 0 nitrogen and oxygen atoms in total. The van der Waals surface area contributed by atoms with Crippen LogP contribution in [0.15, 0.2) is 66.7 Å². The molecule has 0 amide bonds. The van der Waals surface area contributed by atoms with Crippen molar-refractivity contribution in [1.82, 2.24) is 0 Å². The third-order valence-electron chi connectivity index (χ3n) is 13.9. The van der Waals surface area contributed by atoms with Gasteiger partial charge in [-0.3, -0.25) is 6.08 Å². The molecule has 0 unspecified atom stereocenters. The number of aryl methyl sites for hydroxylation is 2. The molecule has 4 aromatic rings. The molecule has 0 aliphatic heterocycles. The summed E-state index contributed by atoms with van der Waals surface area (Å²) in [7, 11) is 0. The molecular weight excluding hydrogens is 832 g/mol. The normalized spacial score (nSPS) is 24.5. The van der Waals surface area contributed by atoms with Crippen LogP contribution in [0, 0.1) is 43.1 Å². The molecule has 0 N–H and O–H groups in total. The Morgan fingerprint density at radius 3 is 1.81 bits per heavy atom. The maximum atomic E-state index is 12.0. The Balaban J connectivity index is 0.000000152. The Bertz CT molecular complexity index is 2130. The van der Waals surface area contributed by atoms with E-state index in [0.29, 0.717) is 5.41 Å². The number of hydrogen-bond acceptors (Lipinski definition) is 0. The molecule has 0 radical (unpaired) electrons. The van der Waals surface area contributed by atoms with E-state index in [-0.39, 0.29) is 35.6 Å². The fourth-order valence-corrected chi connectivity index (χ4v) is 12.5. The van der Waals surface area contributed by atoms with Crippen LogP contribution in [-0.4, -0.2) is 3.71 Å². The van der Waals surface area contributed by atoms with Crippen molar-refractivity contribution >= 4 is 14.9 Å². The van der Waals surface area contributed by atoms with Crippen molar-refractivity contribution in [2.24, 2.45) is 23.2 Å². The number of alkyl halides is 3. The van der Waals surface area contributed by atoms with Crippen molar-refractivity contribution in [3.63, 3.8) is 0 Å². The Hall–Kier alpha value is -2.39. The smallest absolute Gasteiger partial charge is 1.00 e. The SMILES string of the molecule is CC1=[C-]C(C)(C)c2cc3c(cc21)-c1cc2c(cc1C3)C(C)(C)C=C2C.Cc1cc(CC23CC4CC(CC(C4)C2)C3)c(C)[cH-]1.FC(F)(F)c1ccc([CH]=[Zr+2])cc1.[Cl-].[Cl-]. The van der Waals surface area contributed by atoms with Crippen LogP contribution in [0.4, 0.5) is 13.2 Å². The summed E-state index contributed by atoms with van der Waals surface area (Å²) in [4.78, 5) is 0. The zero-order valence-electron chi connectivity index (χ0n) is 34.7.